The van der Waals surface area contributed by atoms with E-state index in [1.165, 1.54) is 11.0 Å². The quantitative estimate of drug-likeness (QED) is 0.248. The number of nitrogens with two attached hydrogens (primary N) is 2. The molecule has 0 aliphatic carbocycles. The van der Waals surface area contributed by atoms with Crippen LogP contribution in [0.25, 0.3) is 0 Å². The van der Waals surface area contributed by atoms with E-state index in [1.807, 2.05) is 0 Å². The smallest absolute Gasteiger partial charge is 0.414 e. The molecule has 2 aliphatic heterocycles. The van der Waals surface area contributed by atoms with E-state index in [0.29, 0.717) is 41.7 Å². The average molecular weight is 700 g/mol. The first kappa shape index (κ1) is 36.7. The van der Waals surface area contributed by atoms with Crippen LogP contribution in [0.15, 0.2) is 36.4 Å². The third kappa shape index (κ3) is 9.87. The van der Waals surface area contributed by atoms with Crippen molar-refractivity contribution in [3.8, 4) is 0 Å². The lowest BCUT2D eigenvalue weighted by Gasteiger charge is -2.27. The topological polar surface area (TPSA) is 195 Å². The highest BCUT2D eigenvalue weighted by molar-refractivity contribution is 7.18. The zero-order chi connectivity index (χ0) is 32.5. The molecule has 0 bridgehead atoms. The van der Waals surface area contributed by atoms with Gasteiger partial charge < -0.3 is 31.2 Å². The lowest BCUT2D eigenvalue weighted by atomic mass is 10.1. The summed E-state index contributed by atoms with van der Waals surface area (Å²) in [6.45, 7) is 1.06. The van der Waals surface area contributed by atoms with Gasteiger partial charge in [-0.25, -0.2) is 4.79 Å². The number of unbranched alkanes of at least 4 members (excludes halogenated alkanes) is 1. The maximum atomic E-state index is 13.4. The molecular weight excluding hydrogens is 663 g/mol. The largest absolute Gasteiger partial charge is 0.442 e. The molecular formula is C29H36Cl2N6O8S. The molecule has 0 unspecified atom stereocenters. The van der Waals surface area contributed by atoms with E-state index in [0.717, 1.165) is 16.2 Å². The van der Waals surface area contributed by atoms with Crippen molar-refractivity contribution in [1.29, 1.82) is 0 Å². The molecule has 17 heteroatoms. The Balaban J connectivity index is 0.00000576. The van der Waals surface area contributed by atoms with E-state index >= 15 is 0 Å². The molecule has 3 heterocycles. The normalized spacial score (nSPS) is 16.8. The van der Waals surface area contributed by atoms with E-state index in [-0.39, 0.29) is 68.7 Å². The van der Waals surface area contributed by atoms with Crippen molar-refractivity contribution < 1.29 is 38.2 Å². The van der Waals surface area contributed by atoms with Crippen LogP contribution in [0, 0.1) is 0 Å². The monoisotopic (exact) mass is 698 g/mol. The Morgan fingerprint density at radius 1 is 1.04 bits per heavy atom. The Morgan fingerprint density at radius 3 is 2.37 bits per heavy atom. The van der Waals surface area contributed by atoms with Crippen molar-refractivity contribution in [2.24, 2.45) is 11.5 Å². The predicted molar refractivity (Wildman–Crippen MR) is 173 cm³/mol. The van der Waals surface area contributed by atoms with Gasteiger partial charge in [-0.1, -0.05) is 11.6 Å². The molecule has 2 atom stereocenters. The molecule has 2 saturated heterocycles. The number of hydrogen-bond acceptors (Lipinski definition) is 10. The summed E-state index contributed by atoms with van der Waals surface area (Å²) in [5.74, 6) is -2.15. The summed E-state index contributed by atoms with van der Waals surface area (Å²) < 4.78 is 11.1. The first-order valence-corrected chi connectivity index (χ1v) is 15.6. The number of cyclic esters (lactones) is 1. The van der Waals surface area contributed by atoms with Crippen LogP contribution in [-0.2, 0) is 28.7 Å². The molecule has 4 rings (SSSR count). The number of rotatable bonds is 14. The first-order chi connectivity index (χ1) is 21.5. The summed E-state index contributed by atoms with van der Waals surface area (Å²) in [5, 5.41) is 2.66. The molecule has 0 saturated carbocycles. The van der Waals surface area contributed by atoms with Crippen LogP contribution in [0.2, 0.25) is 4.34 Å². The van der Waals surface area contributed by atoms with Crippen LogP contribution >= 0.6 is 35.3 Å². The van der Waals surface area contributed by atoms with Crippen molar-refractivity contribution in [2.45, 2.75) is 44.2 Å². The Morgan fingerprint density at radius 2 is 1.74 bits per heavy atom. The molecule has 0 spiro atoms. The Bertz CT molecular complexity index is 1420. The third-order valence-corrected chi connectivity index (χ3v) is 8.42. The van der Waals surface area contributed by atoms with Gasteiger partial charge in [-0.05, 0) is 55.7 Å². The molecule has 2 aromatic rings. The summed E-state index contributed by atoms with van der Waals surface area (Å²) in [4.78, 5) is 78.9. The van der Waals surface area contributed by atoms with Crippen molar-refractivity contribution in [3.05, 3.63) is 45.6 Å². The number of primary amides is 1. The number of amides is 6. The van der Waals surface area contributed by atoms with Crippen LogP contribution in [-0.4, -0.2) is 92.1 Å². The minimum absolute atomic E-state index is 0. The second-order valence-corrected chi connectivity index (χ2v) is 12.2. The number of nitrogens with zero attached hydrogens (tertiary/aromatic N) is 3. The van der Waals surface area contributed by atoms with Crippen LogP contribution in [0.4, 0.5) is 16.2 Å². The molecule has 6 amide bonds. The second-order valence-electron chi connectivity index (χ2n) is 10.5. The van der Waals surface area contributed by atoms with Gasteiger partial charge in [0.1, 0.15) is 12.7 Å². The summed E-state index contributed by atoms with van der Waals surface area (Å²) >= 11 is 7.06. The van der Waals surface area contributed by atoms with Crippen molar-refractivity contribution in [1.82, 2.24) is 10.2 Å². The zero-order valence-corrected chi connectivity index (χ0v) is 27.2. The molecule has 14 nitrogen and oxygen atoms in total. The number of ether oxygens (including phenoxy) is 2. The fraction of sp³-hybridized carbons (Fsp3) is 0.448. The van der Waals surface area contributed by atoms with Gasteiger partial charge in [0.25, 0.3) is 11.8 Å². The van der Waals surface area contributed by atoms with E-state index in [1.54, 1.807) is 35.2 Å². The van der Waals surface area contributed by atoms with Gasteiger partial charge in [0.15, 0.2) is 0 Å². The number of benzene rings is 1. The number of carbonyl (C=O) groups excluding carboxylic acids is 6. The summed E-state index contributed by atoms with van der Waals surface area (Å²) in [6, 6.07) is 9.09. The number of halogens is 2. The summed E-state index contributed by atoms with van der Waals surface area (Å²) in [5.41, 5.74) is 12.1. The van der Waals surface area contributed by atoms with Gasteiger partial charge >= 0.3 is 6.09 Å². The van der Waals surface area contributed by atoms with E-state index < -0.39 is 41.9 Å². The average Bonchev–Trinajstić information content (AvgIpc) is 3.63. The number of thiophene rings is 1. The molecule has 46 heavy (non-hydrogen) atoms. The lowest BCUT2D eigenvalue weighted by Crippen LogP contribution is -2.43. The minimum atomic E-state index is -0.870. The molecule has 2 aliphatic rings. The van der Waals surface area contributed by atoms with Crippen molar-refractivity contribution in [2.75, 3.05) is 49.2 Å². The Hall–Kier alpha value is -3.76. The molecule has 2 fully saturated rings. The van der Waals surface area contributed by atoms with E-state index in [2.05, 4.69) is 5.32 Å². The van der Waals surface area contributed by atoms with Gasteiger partial charge in [-0.3, -0.25) is 33.8 Å². The number of imide groups is 1. The fourth-order valence-corrected chi connectivity index (χ4v) is 5.79. The SMILES string of the molecule is Cl.NC(=O)CC[C@H](N)C(=O)NCCCCC(=O)N(C[C@H]1CN(c2ccc(N3CCOCC3=O)cc2)C(=O)O1)C(=O)c1ccc(Cl)s1. The van der Waals surface area contributed by atoms with E-state index in [4.69, 9.17) is 32.5 Å². The van der Waals surface area contributed by atoms with Gasteiger partial charge in [-0.15, -0.1) is 23.7 Å². The Labute approximate surface area is 280 Å². The molecule has 0 radical (unpaired) electrons. The molecule has 1 aromatic carbocycles. The highest BCUT2D eigenvalue weighted by Crippen LogP contribution is 2.27. The van der Waals surface area contributed by atoms with Crippen LogP contribution in [0.3, 0.4) is 0 Å². The van der Waals surface area contributed by atoms with Crippen LogP contribution in [0.1, 0.15) is 41.8 Å². The third-order valence-electron chi connectivity index (χ3n) is 7.20. The number of carbonyl (C=O) groups is 6. The highest BCUT2D eigenvalue weighted by Gasteiger charge is 2.36. The minimum Gasteiger partial charge on any atom is -0.442 e. The Kier molecular flexibility index (Phi) is 13.8. The number of morpholine rings is 1. The number of nitrogens with one attached hydrogen (secondary N) is 1. The van der Waals surface area contributed by atoms with Crippen LogP contribution < -0.4 is 26.6 Å². The highest BCUT2D eigenvalue weighted by atomic mass is 35.5. The molecule has 250 valence electrons. The van der Waals surface area contributed by atoms with Gasteiger partial charge in [-0.2, -0.15) is 0 Å². The van der Waals surface area contributed by atoms with Gasteiger partial charge in [0, 0.05) is 37.3 Å². The lowest BCUT2D eigenvalue weighted by molar-refractivity contribution is -0.129. The first-order valence-electron chi connectivity index (χ1n) is 14.4. The molecule has 1 aromatic heterocycles. The fourth-order valence-electron chi connectivity index (χ4n) is 4.80. The van der Waals surface area contributed by atoms with Gasteiger partial charge in [0.05, 0.1) is 35.0 Å². The van der Waals surface area contributed by atoms with Crippen molar-refractivity contribution >= 4 is 82.3 Å². The number of hydrogen-bond donors (Lipinski definition) is 3. The molecule has 5 N–H and O–H groups in total. The van der Waals surface area contributed by atoms with Crippen LogP contribution in [0.5, 0.6) is 0 Å². The summed E-state index contributed by atoms with van der Waals surface area (Å²) in [6.07, 6.45) is -0.487. The second kappa shape index (κ2) is 17.2. The standard InChI is InChI=1S/C29H35ClN6O8S.ClH/c30-23-10-9-22(45-23)28(41)36(25(38)3-1-2-12-33-27(40)21(31)8-11-24(32)37)16-20-15-35(29(42)44-20)19-6-4-18(5-7-19)34-13-14-43-17-26(34)39;/h4-7,9-10,20-21H,1-3,8,11-17,31H2,(H2,32,37)(H,33,40);1H/t20-,21+;/m1./s1. The maximum Gasteiger partial charge on any atom is 0.414 e. The maximum absolute atomic E-state index is 13.4. The zero-order valence-electron chi connectivity index (χ0n) is 24.9. The predicted octanol–water partition coefficient (Wildman–Crippen LogP) is 2.06. The van der Waals surface area contributed by atoms with Crippen molar-refractivity contribution in [3.63, 3.8) is 0 Å². The van der Waals surface area contributed by atoms with Gasteiger partial charge in [0.2, 0.25) is 17.7 Å². The van der Waals surface area contributed by atoms with E-state index in [9.17, 15) is 28.8 Å². The summed E-state index contributed by atoms with van der Waals surface area (Å²) in [7, 11) is 0. The number of anilines is 2.